The van der Waals surface area contributed by atoms with Gasteiger partial charge in [-0.1, -0.05) is 17.7 Å². The molecule has 3 rings (SSSR count). The van der Waals surface area contributed by atoms with Crippen LogP contribution in [0, 0.1) is 17.0 Å². The molecule has 30 heavy (non-hydrogen) atoms. The summed E-state index contributed by atoms with van der Waals surface area (Å²) >= 11 is 5.96. The topological polar surface area (TPSA) is 89.7 Å². The monoisotopic (exact) mass is 458 g/mol. The highest BCUT2D eigenvalue weighted by atomic mass is 35.5. The van der Waals surface area contributed by atoms with E-state index >= 15 is 0 Å². The Bertz CT molecular complexity index is 1050. The first-order valence-electron chi connectivity index (χ1n) is 9.23. The van der Waals surface area contributed by atoms with Crippen LogP contribution in [0.2, 0.25) is 5.02 Å². The van der Waals surface area contributed by atoms with Gasteiger partial charge in [0.1, 0.15) is 22.3 Å². The van der Waals surface area contributed by atoms with Gasteiger partial charge in [-0.3, -0.25) is 4.79 Å². The van der Waals surface area contributed by atoms with Crippen LogP contribution in [-0.4, -0.2) is 38.3 Å². The maximum atomic E-state index is 14.2. The normalized spacial score (nSPS) is 20.1. The number of benzene rings is 2. The van der Waals surface area contributed by atoms with E-state index < -0.39 is 37.9 Å². The van der Waals surface area contributed by atoms with Crippen LogP contribution >= 0.6 is 11.6 Å². The van der Waals surface area contributed by atoms with Gasteiger partial charge in [0.15, 0.2) is 0 Å². The molecule has 2 aromatic rings. The predicted molar refractivity (Wildman–Crippen MR) is 108 cm³/mol. The Hall–Kier alpha value is -2.23. The summed E-state index contributed by atoms with van der Waals surface area (Å²) in [5.74, 6) is -2.17. The lowest BCUT2D eigenvalue weighted by Gasteiger charge is -2.41. The van der Waals surface area contributed by atoms with E-state index in [2.05, 4.69) is 0 Å². The second-order valence-electron chi connectivity index (χ2n) is 7.41. The van der Waals surface area contributed by atoms with Crippen molar-refractivity contribution in [3.63, 3.8) is 0 Å². The van der Waals surface area contributed by atoms with Crippen LogP contribution in [0.15, 0.2) is 47.4 Å². The minimum absolute atomic E-state index is 0.0220. The van der Waals surface area contributed by atoms with Gasteiger partial charge in [0.25, 0.3) is 0 Å². The Labute approximate surface area is 178 Å². The quantitative estimate of drug-likeness (QED) is 0.689. The van der Waals surface area contributed by atoms with E-state index in [1.165, 1.54) is 0 Å². The van der Waals surface area contributed by atoms with Gasteiger partial charge < -0.3 is 10.5 Å². The average molecular weight is 459 g/mol. The van der Waals surface area contributed by atoms with Crippen LogP contribution in [0.25, 0.3) is 0 Å². The number of amides is 1. The molecule has 162 valence electrons. The fourth-order valence-electron chi connectivity index (χ4n) is 3.67. The zero-order chi connectivity index (χ0) is 21.9. The molecule has 0 aromatic heterocycles. The van der Waals surface area contributed by atoms with Crippen LogP contribution < -0.4 is 10.5 Å². The van der Waals surface area contributed by atoms with Gasteiger partial charge in [-0.2, -0.15) is 4.31 Å². The number of piperidine rings is 1. The van der Waals surface area contributed by atoms with Crippen molar-refractivity contribution < 1.29 is 26.7 Å². The van der Waals surface area contributed by atoms with Crippen LogP contribution in [0.1, 0.15) is 19.3 Å². The van der Waals surface area contributed by atoms with Gasteiger partial charge in [0.05, 0.1) is 6.61 Å². The molecule has 2 N–H and O–H groups in total. The summed E-state index contributed by atoms with van der Waals surface area (Å²) in [5.41, 5.74) is 4.53. The zero-order valence-electron chi connectivity index (χ0n) is 16.0. The molecule has 0 bridgehead atoms. The molecule has 1 aliphatic heterocycles. The van der Waals surface area contributed by atoms with E-state index in [0.717, 1.165) is 16.4 Å². The smallest absolute Gasteiger partial charge is 0.246 e. The van der Waals surface area contributed by atoms with E-state index in [9.17, 15) is 22.0 Å². The molecule has 0 aliphatic carbocycles. The SMILES string of the molecule is NC(=O)C[C@]1(COc2cccc(Cl)c2)CCCN(S(=O)(=O)c2ccc(F)cc2F)C1. The second-order valence-corrected chi connectivity index (χ2v) is 9.75. The second kappa shape index (κ2) is 8.87. The highest BCUT2D eigenvalue weighted by Gasteiger charge is 2.42. The van der Waals surface area contributed by atoms with E-state index in [0.29, 0.717) is 29.7 Å². The van der Waals surface area contributed by atoms with Gasteiger partial charge in [0, 0.05) is 36.0 Å². The lowest BCUT2D eigenvalue weighted by Crippen LogP contribution is -2.50. The fraction of sp³-hybridized carbons (Fsp3) is 0.350. The van der Waals surface area contributed by atoms with E-state index in [4.69, 9.17) is 22.1 Å². The molecule has 1 atom stereocenters. The van der Waals surface area contributed by atoms with Gasteiger partial charge in [-0.15, -0.1) is 0 Å². The summed E-state index contributed by atoms with van der Waals surface area (Å²) in [4.78, 5) is 11.1. The average Bonchev–Trinajstić information content (AvgIpc) is 2.66. The Morgan fingerprint density at radius 3 is 2.67 bits per heavy atom. The molecule has 2 aromatic carbocycles. The predicted octanol–water partition coefficient (Wildman–Crippen LogP) is 3.34. The van der Waals surface area contributed by atoms with Crippen molar-refractivity contribution >= 4 is 27.5 Å². The maximum Gasteiger partial charge on any atom is 0.246 e. The number of nitrogens with two attached hydrogens (primary N) is 1. The number of hydrogen-bond donors (Lipinski definition) is 1. The third-order valence-corrected chi connectivity index (χ3v) is 7.14. The Kier molecular flexibility index (Phi) is 6.64. The summed E-state index contributed by atoms with van der Waals surface area (Å²) in [6.45, 7) is 0.0701. The minimum Gasteiger partial charge on any atom is -0.493 e. The van der Waals surface area contributed by atoms with Crippen molar-refractivity contribution in [3.05, 3.63) is 59.1 Å². The minimum atomic E-state index is -4.24. The molecule has 0 unspecified atom stereocenters. The van der Waals surface area contributed by atoms with Crippen molar-refractivity contribution in [2.24, 2.45) is 11.1 Å². The van der Waals surface area contributed by atoms with Crippen molar-refractivity contribution in [2.75, 3.05) is 19.7 Å². The van der Waals surface area contributed by atoms with Crippen LogP contribution in [0.5, 0.6) is 5.75 Å². The van der Waals surface area contributed by atoms with Crippen molar-refractivity contribution in [2.45, 2.75) is 24.2 Å². The van der Waals surface area contributed by atoms with E-state index in [-0.39, 0.29) is 26.1 Å². The third-order valence-electron chi connectivity index (χ3n) is 5.03. The number of carbonyl (C=O) groups is 1. The van der Waals surface area contributed by atoms with E-state index in [1.54, 1.807) is 24.3 Å². The Morgan fingerprint density at radius 2 is 2.00 bits per heavy atom. The maximum absolute atomic E-state index is 14.2. The summed E-state index contributed by atoms with van der Waals surface area (Å²) in [6.07, 6.45) is 0.814. The summed E-state index contributed by atoms with van der Waals surface area (Å²) in [5, 5.41) is 0.469. The first-order chi connectivity index (χ1) is 14.1. The fourth-order valence-corrected chi connectivity index (χ4v) is 5.48. The molecule has 1 fully saturated rings. The molecular formula is C20H21ClF2N2O4S. The highest BCUT2D eigenvalue weighted by molar-refractivity contribution is 7.89. The molecule has 0 spiro atoms. The van der Waals surface area contributed by atoms with Crippen LogP contribution in [0.3, 0.4) is 0 Å². The first-order valence-corrected chi connectivity index (χ1v) is 11.1. The summed E-state index contributed by atoms with van der Waals surface area (Å²) in [6, 6.07) is 8.98. The lowest BCUT2D eigenvalue weighted by molar-refractivity contribution is -0.121. The van der Waals surface area contributed by atoms with Crippen molar-refractivity contribution in [3.8, 4) is 5.75 Å². The number of carbonyl (C=O) groups excluding carboxylic acids is 1. The highest BCUT2D eigenvalue weighted by Crippen LogP contribution is 2.37. The number of sulfonamides is 1. The third kappa shape index (κ3) is 5.08. The number of rotatable bonds is 7. The zero-order valence-corrected chi connectivity index (χ0v) is 17.6. The van der Waals surface area contributed by atoms with Gasteiger partial charge in [-0.25, -0.2) is 17.2 Å². The van der Waals surface area contributed by atoms with Crippen LogP contribution in [0.4, 0.5) is 8.78 Å². The number of primary amides is 1. The number of hydrogen-bond acceptors (Lipinski definition) is 4. The standard InChI is InChI=1S/C20H21ClF2N2O4S/c21-14-3-1-4-16(9-14)29-13-20(11-19(24)26)7-2-8-25(12-20)30(27,28)18-6-5-15(22)10-17(18)23/h1,3-6,9-10H,2,7-8,11-13H2,(H2,24,26)/t20-/m1/s1. The van der Waals surface area contributed by atoms with Gasteiger partial charge >= 0.3 is 0 Å². The molecule has 10 heteroatoms. The molecule has 6 nitrogen and oxygen atoms in total. The van der Waals surface area contributed by atoms with Crippen LogP contribution in [-0.2, 0) is 14.8 Å². The van der Waals surface area contributed by atoms with Crippen molar-refractivity contribution in [1.82, 2.24) is 4.31 Å². The molecule has 1 amide bonds. The number of nitrogens with zero attached hydrogens (tertiary/aromatic N) is 1. The molecule has 1 heterocycles. The van der Waals surface area contributed by atoms with Gasteiger partial charge in [0.2, 0.25) is 15.9 Å². The Morgan fingerprint density at radius 1 is 1.23 bits per heavy atom. The molecule has 1 saturated heterocycles. The number of ether oxygens (including phenoxy) is 1. The molecule has 1 aliphatic rings. The number of halogens is 3. The molecule has 0 saturated carbocycles. The lowest BCUT2D eigenvalue weighted by atomic mass is 9.78. The van der Waals surface area contributed by atoms with Gasteiger partial charge in [-0.05, 0) is 43.2 Å². The first kappa shape index (κ1) is 22.5. The molecule has 0 radical (unpaired) electrons. The Balaban J connectivity index is 1.86. The van der Waals surface area contributed by atoms with E-state index in [1.807, 2.05) is 0 Å². The summed E-state index contributed by atoms with van der Waals surface area (Å²) < 4.78 is 60.3. The largest absolute Gasteiger partial charge is 0.493 e. The molecular weight excluding hydrogens is 438 g/mol. The van der Waals surface area contributed by atoms with Crippen molar-refractivity contribution in [1.29, 1.82) is 0 Å². The summed E-state index contributed by atoms with van der Waals surface area (Å²) in [7, 11) is -4.24.